The van der Waals surface area contributed by atoms with Crippen LogP contribution in [0.5, 0.6) is 0 Å². The van der Waals surface area contributed by atoms with Gasteiger partial charge in [0, 0.05) is 50.0 Å². The van der Waals surface area contributed by atoms with Crippen LogP contribution in [0.4, 0.5) is 4.79 Å². The molecule has 1 saturated heterocycles. The molecular formula is C29H36N4O4. The first-order chi connectivity index (χ1) is 17.8. The van der Waals surface area contributed by atoms with Crippen molar-refractivity contribution in [1.82, 2.24) is 20.0 Å². The highest BCUT2D eigenvalue weighted by atomic mass is 16.5. The van der Waals surface area contributed by atoms with Gasteiger partial charge in [-0.15, -0.1) is 0 Å². The minimum atomic E-state index is -0.590. The summed E-state index contributed by atoms with van der Waals surface area (Å²) in [5.41, 5.74) is 3.74. The third-order valence-electron chi connectivity index (χ3n) is 7.03. The molecule has 2 aromatic rings. The predicted octanol–water partition coefficient (Wildman–Crippen LogP) is 3.74. The lowest BCUT2D eigenvalue weighted by Crippen LogP contribution is -2.56. The molecule has 0 aromatic heterocycles. The first-order valence-electron chi connectivity index (χ1n) is 13.0. The Balaban J connectivity index is 1.61. The van der Waals surface area contributed by atoms with Crippen molar-refractivity contribution in [2.75, 3.05) is 39.3 Å². The Morgan fingerprint density at radius 3 is 2.35 bits per heavy atom. The fourth-order valence-corrected chi connectivity index (χ4v) is 5.11. The Kier molecular flexibility index (Phi) is 8.28. The Labute approximate surface area is 218 Å². The van der Waals surface area contributed by atoms with Gasteiger partial charge >= 0.3 is 12.0 Å². The number of urea groups is 1. The number of amides is 3. The van der Waals surface area contributed by atoms with Crippen molar-refractivity contribution in [2.45, 2.75) is 39.8 Å². The van der Waals surface area contributed by atoms with Crippen molar-refractivity contribution in [1.29, 1.82) is 0 Å². The number of esters is 1. The van der Waals surface area contributed by atoms with Gasteiger partial charge in [0.05, 0.1) is 18.2 Å². The molecule has 0 aliphatic carbocycles. The van der Waals surface area contributed by atoms with Gasteiger partial charge in [-0.25, -0.2) is 9.59 Å². The van der Waals surface area contributed by atoms with E-state index in [9.17, 15) is 14.4 Å². The molecule has 2 heterocycles. The van der Waals surface area contributed by atoms with Crippen LogP contribution in [0.1, 0.15) is 48.3 Å². The molecule has 3 amide bonds. The number of rotatable bonds is 7. The quantitative estimate of drug-likeness (QED) is 0.581. The topological polar surface area (TPSA) is 82.2 Å². The van der Waals surface area contributed by atoms with Gasteiger partial charge in [0.1, 0.15) is 0 Å². The maximum absolute atomic E-state index is 13.3. The highest BCUT2D eigenvalue weighted by Gasteiger charge is 2.39. The maximum atomic E-state index is 13.3. The summed E-state index contributed by atoms with van der Waals surface area (Å²) in [6, 6.07) is 16.3. The summed E-state index contributed by atoms with van der Waals surface area (Å²) in [6.07, 6.45) is 0. The summed E-state index contributed by atoms with van der Waals surface area (Å²) in [4.78, 5) is 45.3. The van der Waals surface area contributed by atoms with E-state index in [1.165, 1.54) is 0 Å². The molecule has 2 aliphatic rings. The van der Waals surface area contributed by atoms with E-state index in [0.717, 1.165) is 11.1 Å². The molecular weight excluding hydrogens is 468 g/mol. The average molecular weight is 505 g/mol. The third-order valence-corrected chi connectivity index (χ3v) is 7.03. The summed E-state index contributed by atoms with van der Waals surface area (Å²) in [5.74, 6) is -0.402. The van der Waals surface area contributed by atoms with E-state index in [4.69, 9.17) is 4.74 Å². The van der Waals surface area contributed by atoms with Gasteiger partial charge in [-0.05, 0) is 45.4 Å². The number of piperazine rings is 1. The van der Waals surface area contributed by atoms with Gasteiger partial charge in [0.25, 0.3) is 5.91 Å². The van der Waals surface area contributed by atoms with E-state index in [1.807, 2.05) is 80.3 Å². The van der Waals surface area contributed by atoms with Crippen LogP contribution in [0.25, 0.3) is 0 Å². The first kappa shape index (κ1) is 26.4. The van der Waals surface area contributed by atoms with Gasteiger partial charge in [-0.3, -0.25) is 14.6 Å². The molecule has 2 aromatic carbocycles. The zero-order chi connectivity index (χ0) is 26.5. The predicted molar refractivity (Wildman–Crippen MR) is 142 cm³/mol. The number of hydrogen-bond acceptors (Lipinski definition) is 5. The Morgan fingerprint density at radius 1 is 1.03 bits per heavy atom. The number of hydrogen-bond donors (Lipinski definition) is 1. The average Bonchev–Trinajstić information content (AvgIpc) is 2.89. The third kappa shape index (κ3) is 5.69. The monoisotopic (exact) mass is 504 g/mol. The fraction of sp³-hybridized carbons (Fsp3) is 0.414. The molecule has 2 aliphatic heterocycles. The normalized spacial score (nSPS) is 20.6. The van der Waals surface area contributed by atoms with Crippen LogP contribution in [0.3, 0.4) is 0 Å². The second-order valence-electron chi connectivity index (χ2n) is 9.57. The largest absolute Gasteiger partial charge is 0.463 e. The standard InChI is InChI=1S/C29H36N4O4/c1-5-32-24(25(28(35)37-6-2)26(30-29(32)36)22-10-8-7-9-11-22)19-31-16-17-33(21(4)18-31)27(34)23-14-12-20(3)13-15-23/h7-15,21,26H,5-6,16-19H2,1-4H3,(H,30,36). The van der Waals surface area contributed by atoms with E-state index in [2.05, 4.69) is 10.2 Å². The molecule has 4 rings (SSSR count). The van der Waals surface area contributed by atoms with E-state index in [0.29, 0.717) is 49.6 Å². The second kappa shape index (κ2) is 11.6. The summed E-state index contributed by atoms with van der Waals surface area (Å²) >= 11 is 0. The summed E-state index contributed by atoms with van der Waals surface area (Å²) < 4.78 is 5.46. The number of benzene rings is 2. The minimum Gasteiger partial charge on any atom is -0.463 e. The number of carbonyl (C=O) groups is 3. The van der Waals surface area contributed by atoms with Gasteiger partial charge in [0.15, 0.2) is 0 Å². The molecule has 37 heavy (non-hydrogen) atoms. The zero-order valence-corrected chi connectivity index (χ0v) is 22.1. The van der Waals surface area contributed by atoms with Crippen molar-refractivity contribution in [3.05, 3.63) is 82.6 Å². The van der Waals surface area contributed by atoms with Crippen LogP contribution >= 0.6 is 0 Å². The molecule has 8 heteroatoms. The van der Waals surface area contributed by atoms with Crippen molar-refractivity contribution in [3.8, 4) is 0 Å². The van der Waals surface area contributed by atoms with Crippen LogP contribution in [-0.4, -0.2) is 78.0 Å². The molecule has 0 bridgehead atoms. The summed E-state index contributed by atoms with van der Waals surface area (Å²) in [5, 5.41) is 3.00. The lowest BCUT2D eigenvalue weighted by molar-refractivity contribution is -0.139. The fourth-order valence-electron chi connectivity index (χ4n) is 5.11. The van der Waals surface area contributed by atoms with Crippen molar-refractivity contribution >= 4 is 17.9 Å². The van der Waals surface area contributed by atoms with Crippen molar-refractivity contribution in [3.63, 3.8) is 0 Å². The molecule has 2 unspecified atom stereocenters. The highest BCUT2D eigenvalue weighted by Crippen LogP contribution is 2.32. The summed E-state index contributed by atoms with van der Waals surface area (Å²) in [6.45, 7) is 10.6. The van der Waals surface area contributed by atoms with E-state index < -0.39 is 12.0 Å². The van der Waals surface area contributed by atoms with Crippen LogP contribution in [0.15, 0.2) is 65.9 Å². The Bertz CT molecular complexity index is 1160. The van der Waals surface area contributed by atoms with E-state index in [-0.39, 0.29) is 24.6 Å². The van der Waals surface area contributed by atoms with Crippen LogP contribution in [0, 0.1) is 6.92 Å². The van der Waals surface area contributed by atoms with Crippen LogP contribution in [-0.2, 0) is 9.53 Å². The SMILES string of the molecule is CCOC(=O)C1=C(CN2CCN(C(=O)c3ccc(C)cc3)C(C)C2)N(CC)C(=O)NC1c1ccccc1. The lowest BCUT2D eigenvalue weighted by Gasteiger charge is -2.43. The van der Waals surface area contributed by atoms with Gasteiger partial charge in [0.2, 0.25) is 0 Å². The van der Waals surface area contributed by atoms with Crippen molar-refractivity contribution < 1.29 is 19.1 Å². The lowest BCUT2D eigenvalue weighted by atomic mass is 9.94. The van der Waals surface area contributed by atoms with Crippen molar-refractivity contribution in [2.24, 2.45) is 0 Å². The van der Waals surface area contributed by atoms with Gasteiger partial charge in [-0.1, -0.05) is 48.0 Å². The van der Waals surface area contributed by atoms with Gasteiger partial charge in [-0.2, -0.15) is 0 Å². The van der Waals surface area contributed by atoms with Crippen LogP contribution in [0.2, 0.25) is 0 Å². The second-order valence-corrected chi connectivity index (χ2v) is 9.57. The van der Waals surface area contributed by atoms with E-state index in [1.54, 1.807) is 11.8 Å². The number of nitrogens with one attached hydrogen (secondary N) is 1. The molecule has 0 radical (unpaired) electrons. The molecule has 1 fully saturated rings. The molecule has 8 nitrogen and oxygen atoms in total. The number of nitrogens with zero attached hydrogens (tertiary/aromatic N) is 3. The van der Waals surface area contributed by atoms with Gasteiger partial charge < -0.3 is 15.0 Å². The minimum absolute atomic E-state index is 0.0217. The maximum Gasteiger partial charge on any atom is 0.338 e. The molecule has 2 atom stereocenters. The summed E-state index contributed by atoms with van der Waals surface area (Å²) in [7, 11) is 0. The molecule has 1 N–H and O–H groups in total. The Morgan fingerprint density at radius 2 is 1.73 bits per heavy atom. The molecule has 0 saturated carbocycles. The van der Waals surface area contributed by atoms with E-state index >= 15 is 0 Å². The molecule has 196 valence electrons. The number of ether oxygens (including phenoxy) is 1. The molecule has 0 spiro atoms. The zero-order valence-electron chi connectivity index (χ0n) is 22.1. The number of likely N-dealkylation sites (N-methyl/N-ethyl adjacent to an activating group) is 1. The number of carbonyl (C=O) groups excluding carboxylic acids is 3. The Hall–Kier alpha value is -3.65. The highest BCUT2D eigenvalue weighted by molar-refractivity contribution is 5.95. The van der Waals surface area contributed by atoms with Crippen LogP contribution < -0.4 is 5.32 Å². The number of aryl methyl sites for hydroxylation is 1. The smallest absolute Gasteiger partial charge is 0.338 e. The first-order valence-corrected chi connectivity index (χ1v) is 13.0.